The number of rotatable bonds is 6. The number of hydrogen-bond donors (Lipinski definition) is 0. The molecule has 0 spiro atoms. The van der Waals surface area contributed by atoms with Gasteiger partial charge in [-0.05, 0) is 55.5 Å². The fourth-order valence-electron chi connectivity index (χ4n) is 3.60. The Morgan fingerprint density at radius 2 is 2.10 bits per heavy atom. The monoisotopic (exact) mass is 410 g/mol. The highest BCUT2D eigenvalue weighted by Gasteiger charge is 2.26. The molecule has 152 valence electrons. The largest absolute Gasteiger partial charge is 0.497 e. The van der Waals surface area contributed by atoms with E-state index in [1.807, 2.05) is 29.2 Å². The maximum Gasteiger partial charge on any atom is 0.233 e. The van der Waals surface area contributed by atoms with Gasteiger partial charge in [0.2, 0.25) is 5.91 Å². The van der Waals surface area contributed by atoms with E-state index in [0.717, 1.165) is 46.1 Å². The molecule has 1 amide bonds. The molecule has 0 radical (unpaired) electrons. The maximum absolute atomic E-state index is 13.3. The Labute approximate surface area is 175 Å². The fraction of sp³-hybridized carbons (Fsp3) is 0.391. The zero-order valence-corrected chi connectivity index (χ0v) is 17.9. The first-order valence-electron chi connectivity index (χ1n) is 9.96. The summed E-state index contributed by atoms with van der Waals surface area (Å²) in [7, 11) is 1.64. The SMILES string of the molecule is COc1ccc2sc(N(CC3CCCO3)C(=O)Cc3ccc(C)c(C)c3)nc2c1. The molecule has 1 aliphatic rings. The van der Waals surface area contributed by atoms with Crippen LogP contribution in [0.25, 0.3) is 10.2 Å². The summed E-state index contributed by atoms with van der Waals surface area (Å²) in [6.07, 6.45) is 2.44. The molecule has 2 heterocycles. The third-order valence-corrected chi connectivity index (χ3v) is 6.51. The zero-order valence-electron chi connectivity index (χ0n) is 17.1. The first kappa shape index (κ1) is 19.9. The second-order valence-corrected chi connectivity index (χ2v) is 8.57. The normalized spacial score (nSPS) is 16.3. The Hall–Kier alpha value is -2.44. The van der Waals surface area contributed by atoms with E-state index in [0.29, 0.717) is 13.0 Å². The maximum atomic E-state index is 13.3. The van der Waals surface area contributed by atoms with Crippen LogP contribution in [0.1, 0.15) is 29.5 Å². The molecule has 1 aliphatic heterocycles. The van der Waals surface area contributed by atoms with E-state index < -0.39 is 0 Å². The van der Waals surface area contributed by atoms with Crippen molar-refractivity contribution in [1.29, 1.82) is 0 Å². The minimum atomic E-state index is 0.0507. The zero-order chi connectivity index (χ0) is 20.4. The topological polar surface area (TPSA) is 51.7 Å². The Bertz CT molecular complexity index is 1020. The van der Waals surface area contributed by atoms with Crippen LogP contribution in [0.3, 0.4) is 0 Å². The number of carbonyl (C=O) groups is 1. The number of thiazole rings is 1. The predicted octanol–water partition coefficient (Wildman–Crippen LogP) is 4.68. The summed E-state index contributed by atoms with van der Waals surface area (Å²) in [6.45, 7) is 5.47. The highest BCUT2D eigenvalue weighted by molar-refractivity contribution is 7.22. The average Bonchev–Trinajstić information content (AvgIpc) is 3.37. The molecule has 0 N–H and O–H groups in total. The van der Waals surface area contributed by atoms with Gasteiger partial charge in [-0.1, -0.05) is 29.5 Å². The molecule has 4 rings (SSSR count). The van der Waals surface area contributed by atoms with E-state index in [4.69, 9.17) is 14.5 Å². The molecule has 1 saturated heterocycles. The van der Waals surface area contributed by atoms with Gasteiger partial charge in [0.1, 0.15) is 5.75 Å². The van der Waals surface area contributed by atoms with Crippen molar-refractivity contribution >= 4 is 32.6 Å². The summed E-state index contributed by atoms with van der Waals surface area (Å²) in [6, 6.07) is 12.0. The van der Waals surface area contributed by atoms with Crippen molar-refractivity contribution in [2.75, 3.05) is 25.2 Å². The molecule has 1 atom stereocenters. The van der Waals surface area contributed by atoms with Gasteiger partial charge in [-0.15, -0.1) is 0 Å². The Kier molecular flexibility index (Phi) is 5.83. The molecule has 5 nitrogen and oxygen atoms in total. The molecule has 1 unspecified atom stereocenters. The van der Waals surface area contributed by atoms with E-state index in [1.165, 1.54) is 22.5 Å². The number of aryl methyl sites for hydroxylation is 2. The minimum absolute atomic E-state index is 0.0507. The Morgan fingerprint density at radius 3 is 2.83 bits per heavy atom. The molecule has 6 heteroatoms. The molecule has 1 aromatic heterocycles. The van der Waals surface area contributed by atoms with Crippen LogP contribution in [-0.4, -0.2) is 37.3 Å². The smallest absolute Gasteiger partial charge is 0.233 e. The average molecular weight is 411 g/mol. The Morgan fingerprint density at radius 1 is 1.24 bits per heavy atom. The summed E-state index contributed by atoms with van der Waals surface area (Å²) in [4.78, 5) is 19.9. The first-order valence-corrected chi connectivity index (χ1v) is 10.8. The van der Waals surface area contributed by atoms with Crippen LogP contribution >= 0.6 is 11.3 Å². The molecule has 1 fully saturated rings. The van der Waals surface area contributed by atoms with Gasteiger partial charge in [-0.3, -0.25) is 9.69 Å². The van der Waals surface area contributed by atoms with Crippen molar-refractivity contribution in [2.24, 2.45) is 0 Å². The number of ether oxygens (including phenoxy) is 2. The second-order valence-electron chi connectivity index (χ2n) is 7.56. The number of fused-ring (bicyclic) bond motifs is 1. The fourth-order valence-corrected chi connectivity index (χ4v) is 4.57. The number of carbonyl (C=O) groups excluding carboxylic acids is 1. The van der Waals surface area contributed by atoms with Gasteiger partial charge in [0.25, 0.3) is 0 Å². The first-order chi connectivity index (χ1) is 14.0. The third kappa shape index (κ3) is 4.43. The van der Waals surface area contributed by atoms with Gasteiger partial charge < -0.3 is 9.47 Å². The van der Waals surface area contributed by atoms with Crippen molar-refractivity contribution in [3.8, 4) is 5.75 Å². The number of aromatic nitrogens is 1. The van der Waals surface area contributed by atoms with E-state index in [1.54, 1.807) is 7.11 Å². The van der Waals surface area contributed by atoms with Gasteiger partial charge in [-0.25, -0.2) is 4.98 Å². The number of nitrogens with zero attached hydrogens (tertiary/aromatic N) is 2. The van der Waals surface area contributed by atoms with Crippen LogP contribution in [0.5, 0.6) is 5.75 Å². The molecule has 0 bridgehead atoms. The van der Waals surface area contributed by atoms with Crippen molar-refractivity contribution < 1.29 is 14.3 Å². The molecule has 0 saturated carbocycles. The van der Waals surface area contributed by atoms with Gasteiger partial charge in [-0.2, -0.15) is 0 Å². The minimum Gasteiger partial charge on any atom is -0.497 e. The highest BCUT2D eigenvalue weighted by Crippen LogP contribution is 2.32. The van der Waals surface area contributed by atoms with Crippen LogP contribution in [0.15, 0.2) is 36.4 Å². The van der Waals surface area contributed by atoms with Crippen LogP contribution in [-0.2, 0) is 16.0 Å². The summed E-state index contributed by atoms with van der Waals surface area (Å²) in [5, 5.41) is 0.720. The predicted molar refractivity (Wildman–Crippen MR) is 117 cm³/mol. The van der Waals surface area contributed by atoms with Gasteiger partial charge in [0, 0.05) is 12.7 Å². The second kappa shape index (κ2) is 8.51. The number of benzene rings is 2. The number of hydrogen-bond acceptors (Lipinski definition) is 5. The molecule has 3 aromatic rings. The van der Waals surface area contributed by atoms with Crippen molar-refractivity contribution in [3.05, 3.63) is 53.1 Å². The lowest BCUT2D eigenvalue weighted by Gasteiger charge is -2.23. The molecule has 29 heavy (non-hydrogen) atoms. The summed E-state index contributed by atoms with van der Waals surface area (Å²) in [5.41, 5.74) is 4.31. The summed E-state index contributed by atoms with van der Waals surface area (Å²) >= 11 is 1.54. The Balaban J connectivity index is 1.63. The highest BCUT2D eigenvalue weighted by atomic mass is 32.1. The van der Waals surface area contributed by atoms with E-state index in [9.17, 15) is 4.79 Å². The summed E-state index contributed by atoms with van der Waals surface area (Å²) < 4.78 is 12.2. The van der Waals surface area contributed by atoms with Crippen molar-refractivity contribution in [3.63, 3.8) is 0 Å². The molecule has 2 aromatic carbocycles. The number of anilines is 1. The van der Waals surface area contributed by atoms with Crippen LogP contribution in [0, 0.1) is 13.8 Å². The lowest BCUT2D eigenvalue weighted by Crippen LogP contribution is -2.38. The third-order valence-electron chi connectivity index (χ3n) is 5.45. The van der Waals surface area contributed by atoms with Crippen LogP contribution in [0.2, 0.25) is 0 Å². The summed E-state index contributed by atoms with van der Waals surface area (Å²) in [5.74, 6) is 0.816. The van der Waals surface area contributed by atoms with Crippen molar-refractivity contribution in [1.82, 2.24) is 4.98 Å². The standard InChI is InChI=1S/C23H26N2O3S/c1-15-6-7-17(11-16(15)2)12-22(26)25(14-19-5-4-10-28-19)23-24-20-13-18(27-3)8-9-21(20)29-23/h6-9,11,13,19H,4-5,10,12,14H2,1-3H3. The van der Waals surface area contributed by atoms with Crippen LogP contribution in [0.4, 0.5) is 5.13 Å². The van der Waals surface area contributed by atoms with Gasteiger partial charge >= 0.3 is 0 Å². The van der Waals surface area contributed by atoms with Crippen LogP contribution < -0.4 is 9.64 Å². The van der Waals surface area contributed by atoms with E-state index in [-0.39, 0.29) is 12.0 Å². The molecular formula is C23H26N2O3S. The number of amides is 1. The van der Waals surface area contributed by atoms with Crippen molar-refractivity contribution in [2.45, 2.75) is 39.2 Å². The van der Waals surface area contributed by atoms with Gasteiger partial charge in [0.05, 0.1) is 36.4 Å². The molecule has 0 aliphatic carbocycles. The number of methoxy groups -OCH3 is 1. The quantitative estimate of drug-likeness (QED) is 0.592. The lowest BCUT2D eigenvalue weighted by molar-refractivity contribution is -0.118. The van der Waals surface area contributed by atoms with Gasteiger partial charge in [0.15, 0.2) is 5.13 Å². The van der Waals surface area contributed by atoms with E-state index in [2.05, 4.69) is 26.0 Å². The van der Waals surface area contributed by atoms with E-state index >= 15 is 0 Å². The molecular weight excluding hydrogens is 384 g/mol. The lowest BCUT2D eigenvalue weighted by atomic mass is 10.0.